The Morgan fingerprint density at radius 2 is 1.93 bits per heavy atom. The number of amides is 1. The highest BCUT2D eigenvalue weighted by Gasteiger charge is 2.28. The highest BCUT2D eigenvalue weighted by molar-refractivity contribution is 8.00. The number of benzene rings is 2. The molecule has 138 valence electrons. The van der Waals surface area contributed by atoms with Crippen molar-refractivity contribution in [2.24, 2.45) is 0 Å². The molecule has 2 heterocycles. The van der Waals surface area contributed by atoms with Gasteiger partial charge in [-0.1, -0.05) is 60.3 Å². The molecule has 0 bridgehead atoms. The zero-order valence-electron chi connectivity index (χ0n) is 15.6. The van der Waals surface area contributed by atoms with E-state index in [2.05, 4.69) is 23.2 Å². The molecule has 2 aromatic carbocycles. The molecular weight excluding hydrogens is 354 g/mol. The van der Waals surface area contributed by atoms with E-state index in [9.17, 15) is 4.79 Å². The number of imidazole rings is 1. The lowest BCUT2D eigenvalue weighted by Crippen LogP contribution is -2.35. The van der Waals surface area contributed by atoms with Crippen molar-refractivity contribution in [3.05, 3.63) is 77.1 Å². The Morgan fingerprint density at radius 3 is 2.74 bits per heavy atom. The molecule has 0 unspecified atom stereocenters. The minimum atomic E-state index is -0.189. The van der Waals surface area contributed by atoms with E-state index in [0.717, 1.165) is 41.6 Å². The summed E-state index contributed by atoms with van der Waals surface area (Å²) in [7, 11) is 0. The Balaban J connectivity index is 1.45. The van der Waals surface area contributed by atoms with Gasteiger partial charge in [-0.2, -0.15) is 0 Å². The molecule has 1 N–H and O–H groups in total. The molecule has 3 aromatic rings. The highest BCUT2D eigenvalue weighted by atomic mass is 32.2. The summed E-state index contributed by atoms with van der Waals surface area (Å²) in [5.41, 5.74) is 5.64. The van der Waals surface area contributed by atoms with E-state index in [1.165, 1.54) is 22.9 Å². The number of hydrogen-bond donors (Lipinski definition) is 1. The molecule has 0 radical (unpaired) electrons. The summed E-state index contributed by atoms with van der Waals surface area (Å²) in [6.07, 6.45) is 1.73. The lowest BCUT2D eigenvalue weighted by molar-refractivity contribution is -0.117. The Kier molecular flexibility index (Phi) is 5.03. The van der Waals surface area contributed by atoms with Gasteiger partial charge in [0.25, 0.3) is 0 Å². The predicted octanol–water partition coefficient (Wildman–Crippen LogP) is 4.38. The molecule has 1 aliphatic heterocycles. The maximum absolute atomic E-state index is 13.0. The molecule has 0 spiro atoms. The van der Waals surface area contributed by atoms with E-state index >= 15 is 0 Å². The van der Waals surface area contributed by atoms with E-state index in [4.69, 9.17) is 4.98 Å². The number of para-hydroxylation sites is 1. The smallest absolute Gasteiger partial charge is 0.240 e. The molecule has 0 fully saturated rings. The zero-order chi connectivity index (χ0) is 18.8. The monoisotopic (exact) mass is 377 g/mol. The van der Waals surface area contributed by atoms with Gasteiger partial charge in [0.15, 0.2) is 5.16 Å². The van der Waals surface area contributed by atoms with Crippen molar-refractivity contribution in [3.8, 4) is 0 Å². The number of nitrogens with zero attached hydrogens (tertiary/aromatic N) is 2. The number of fused-ring (bicyclic) bond motifs is 1. The lowest BCUT2D eigenvalue weighted by Gasteiger charge is -2.20. The van der Waals surface area contributed by atoms with Gasteiger partial charge in [-0.3, -0.25) is 4.79 Å². The first kappa shape index (κ1) is 17.9. The van der Waals surface area contributed by atoms with E-state index in [1.54, 1.807) is 0 Å². The topological polar surface area (TPSA) is 49.0 Å². The second kappa shape index (κ2) is 7.61. The molecule has 0 saturated heterocycles. The number of H-pyrrole nitrogens is 1. The molecule has 1 atom stereocenters. The Bertz CT molecular complexity index is 951. The second-order valence-corrected chi connectivity index (χ2v) is 8.23. The summed E-state index contributed by atoms with van der Waals surface area (Å²) < 4.78 is 0. The molecule has 5 heteroatoms. The average Bonchev–Trinajstić information content (AvgIpc) is 3.25. The van der Waals surface area contributed by atoms with Gasteiger partial charge < -0.3 is 9.88 Å². The molecule has 4 nitrogen and oxygen atoms in total. The van der Waals surface area contributed by atoms with Gasteiger partial charge in [0, 0.05) is 24.3 Å². The number of hydrogen-bond acceptors (Lipinski definition) is 3. The number of carbonyl (C=O) groups excluding carboxylic acids is 1. The van der Waals surface area contributed by atoms with Crippen LogP contribution in [0.5, 0.6) is 0 Å². The van der Waals surface area contributed by atoms with Gasteiger partial charge >= 0.3 is 0 Å². The van der Waals surface area contributed by atoms with E-state index < -0.39 is 0 Å². The first-order valence-corrected chi connectivity index (χ1v) is 10.1. The molecule has 1 aliphatic rings. The number of aryl methyl sites for hydroxylation is 1. The first-order valence-electron chi connectivity index (χ1n) is 9.27. The van der Waals surface area contributed by atoms with Crippen molar-refractivity contribution in [1.82, 2.24) is 9.97 Å². The van der Waals surface area contributed by atoms with Crippen molar-refractivity contribution in [3.63, 3.8) is 0 Å². The molecule has 1 amide bonds. The van der Waals surface area contributed by atoms with Crippen LogP contribution in [0, 0.1) is 6.92 Å². The van der Waals surface area contributed by atoms with Gasteiger partial charge in [-0.15, -0.1) is 0 Å². The summed E-state index contributed by atoms with van der Waals surface area (Å²) in [6.45, 7) is 4.76. The van der Waals surface area contributed by atoms with E-state index in [0.29, 0.717) is 0 Å². The molecule has 4 rings (SSSR count). The van der Waals surface area contributed by atoms with Crippen molar-refractivity contribution in [2.75, 3.05) is 11.4 Å². The van der Waals surface area contributed by atoms with Crippen molar-refractivity contribution in [1.29, 1.82) is 0 Å². The van der Waals surface area contributed by atoms with Crippen LogP contribution < -0.4 is 4.90 Å². The Labute approximate surface area is 164 Å². The fourth-order valence-electron chi connectivity index (χ4n) is 3.49. The number of anilines is 1. The predicted molar refractivity (Wildman–Crippen MR) is 110 cm³/mol. The number of nitrogens with one attached hydrogen (secondary N) is 1. The first-order chi connectivity index (χ1) is 13.1. The summed E-state index contributed by atoms with van der Waals surface area (Å²) in [5.74, 6) is 0.142. The number of aromatic amines is 1. The SMILES string of the molecule is Cc1[nH]c(S[C@H](C)C(=O)N2CCc3ccccc32)nc1Cc1ccccc1. The Morgan fingerprint density at radius 1 is 1.19 bits per heavy atom. The maximum atomic E-state index is 13.0. The van der Waals surface area contributed by atoms with Crippen LogP contribution in [0.2, 0.25) is 0 Å². The van der Waals surface area contributed by atoms with Gasteiger partial charge in [-0.25, -0.2) is 4.98 Å². The molecule has 0 saturated carbocycles. The van der Waals surface area contributed by atoms with Crippen LogP contribution >= 0.6 is 11.8 Å². The summed E-state index contributed by atoms with van der Waals surface area (Å²) >= 11 is 1.50. The number of aromatic nitrogens is 2. The van der Waals surface area contributed by atoms with Gasteiger partial charge in [0.2, 0.25) is 5.91 Å². The second-order valence-electron chi connectivity index (χ2n) is 6.90. The van der Waals surface area contributed by atoms with Crippen LogP contribution in [0.25, 0.3) is 0 Å². The van der Waals surface area contributed by atoms with E-state index in [-0.39, 0.29) is 11.2 Å². The quantitative estimate of drug-likeness (QED) is 0.671. The number of thioether (sulfide) groups is 1. The normalized spacial score (nSPS) is 14.2. The van der Waals surface area contributed by atoms with Crippen molar-refractivity contribution in [2.45, 2.75) is 37.1 Å². The van der Waals surface area contributed by atoms with Gasteiger partial charge in [0.05, 0.1) is 10.9 Å². The summed E-state index contributed by atoms with van der Waals surface area (Å²) in [5, 5.41) is 0.623. The van der Waals surface area contributed by atoms with E-state index in [1.807, 2.05) is 55.1 Å². The lowest BCUT2D eigenvalue weighted by atomic mass is 10.1. The third-order valence-corrected chi connectivity index (χ3v) is 5.94. The third kappa shape index (κ3) is 3.78. The van der Waals surface area contributed by atoms with Gasteiger partial charge in [0.1, 0.15) is 0 Å². The summed E-state index contributed by atoms with van der Waals surface area (Å²) in [6, 6.07) is 18.5. The summed E-state index contributed by atoms with van der Waals surface area (Å²) in [4.78, 5) is 22.9. The molecular formula is C22H23N3OS. The van der Waals surface area contributed by atoms with Crippen LogP contribution in [0.1, 0.15) is 29.4 Å². The minimum Gasteiger partial charge on any atom is -0.337 e. The fourth-order valence-corrected chi connectivity index (χ4v) is 4.43. The zero-order valence-corrected chi connectivity index (χ0v) is 16.4. The molecule has 0 aliphatic carbocycles. The largest absolute Gasteiger partial charge is 0.337 e. The van der Waals surface area contributed by atoms with Gasteiger partial charge in [-0.05, 0) is 37.5 Å². The van der Waals surface area contributed by atoms with Crippen molar-refractivity contribution >= 4 is 23.4 Å². The minimum absolute atomic E-state index is 0.142. The van der Waals surface area contributed by atoms with Crippen molar-refractivity contribution < 1.29 is 4.79 Å². The van der Waals surface area contributed by atoms with Crippen LogP contribution in [0.4, 0.5) is 5.69 Å². The number of rotatable bonds is 5. The average molecular weight is 378 g/mol. The Hall–Kier alpha value is -2.53. The van der Waals surface area contributed by atoms with Crippen LogP contribution in [0.3, 0.4) is 0 Å². The van der Waals surface area contributed by atoms with Crippen LogP contribution in [-0.2, 0) is 17.6 Å². The highest BCUT2D eigenvalue weighted by Crippen LogP contribution is 2.31. The molecule has 1 aromatic heterocycles. The molecule has 27 heavy (non-hydrogen) atoms. The van der Waals surface area contributed by atoms with Crippen LogP contribution in [-0.4, -0.2) is 27.7 Å². The maximum Gasteiger partial charge on any atom is 0.240 e. The number of carbonyl (C=O) groups is 1. The fraction of sp³-hybridized carbons (Fsp3) is 0.273. The van der Waals surface area contributed by atoms with Crippen LogP contribution in [0.15, 0.2) is 59.8 Å². The standard InChI is InChI=1S/C22H23N3OS/c1-15-19(14-17-8-4-3-5-9-17)24-22(23-15)27-16(2)21(26)25-13-12-18-10-6-7-11-20(18)25/h3-11,16H,12-14H2,1-2H3,(H,23,24)/t16-/m1/s1. The third-order valence-electron chi connectivity index (χ3n) is 4.97.